The van der Waals surface area contributed by atoms with Crippen LogP contribution < -0.4 is 10.2 Å². The summed E-state index contributed by atoms with van der Waals surface area (Å²) >= 11 is 5.97. The van der Waals surface area contributed by atoms with Gasteiger partial charge in [0.25, 0.3) is 0 Å². The molecule has 0 spiro atoms. The third kappa shape index (κ3) is 2.50. The zero-order valence-corrected chi connectivity index (χ0v) is 10.7. The average molecular weight is 239 g/mol. The second kappa shape index (κ2) is 5.07. The second-order valence-corrected chi connectivity index (χ2v) is 4.92. The molecule has 1 N–H and O–H groups in total. The Morgan fingerprint density at radius 2 is 2.00 bits per heavy atom. The van der Waals surface area contributed by atoms with Crippen LogP contribution in [0.4, 0.5) is 5.69 Å². The Morgan fingerprint density at radius 3 is 2.56 bits per heavy atom. The number of anilines is 1. The summed E-state index contributed by atoms with van der Waals surface area (Å²) < 4.78 is 0. The zero-order chi connectivity index (χ0) is 11.5. The maximum Gasteiger partial charge on any atom is 0.0410 e. The van der Waals surface area contributed by atoms with Crippen molar-refractivity contribution in [2.24, 2.45) is 0 Å². The van der Waals surface area contributed by atoms with Gasteiger partial charge >= 0.3 is 0 Å². The molecular weight excluding hydrogens is 220 g/mol. The van der Waals surface area contributed by atoms with Crippen LogP contribution in [0.5, 0.6) is 0 Å². The number of hydrogen-bond acceptors (Lipinski definition) is 2. The van der Waals surface area contributed by atoms with E-state index in [2.05, 4.69) is 23.2 Å². The van der Waals surface area contributed by atoms with E-state index in [1.807, 2.05) is 19.2 Å². The van der Waals surface area contributed by atoms with Crippen molar-refractivity contribution >= 4 is 17.3 Å². The molecule has 0 aromatic heterocycles. The van der Waals surface area contributed by atoms with Crippen LogP contribution in [0.2, 0.25) is 5.02 Å². The highest BCUT2D eigenvalue weighted by atomic mass is 35.5. The smallest absolute Gasteiger partial charge is 0.0410 e. The first-order valence-electron chi connectivity index (χ1n) is 5.89. The van der Waals surface area contributed by atoms with Crippen molar-refractivity contribution in [1.82, 2.24) is 5.32 Å². The number of rotatable bonds is 2. The number of nitrogens with zero attached hydrogens (tertiary/aromatic N) is 1. The van der Waals surface area contributed by atoms with Gasteiger partial charge in [-0.05, 0) is 50.6 Å². The number of halogens is 1. The molecule has 1 aromatic rings. The zero-order valence-electron chi connectivity index (χ0n) is 9.96. The van der Waals surface area contributed by atoms with Crippen LogP contribution in [0.3, 0.4) is 0 Å². The number of aryl methyl sites for hydroxylation is 1. The second-order valence-electron chi connectivity index (χ2n) is 4.48. The fourth-order valence-corrected chi connectivity index (χ4v) is 2.61. The molecule has 2 nitrogen and oxygen atoms in total. The van der Waals surface area contributed by atoms with Crippen molar-refractivity contribution < 1.29 is 0 Å². The molecule has 1 heterocycles. The number of nitrogens with one attached hydrogen (secondary N) is 1. The quantitative estimate of drug-likeness (QED) is 0.853. The van der Waals surface area contributed by atoms with Gasteiger partial charge in [0.2, 0.25) is 0 Å². The fourth-order valence-electron chi connectivity index (χ4n) is 2.38. The monoisotopic (exact) mass is 238 g/mol. The maximum absolute atomic E-state index is 5.97. The van der Waals surface area contributed by atoms with Crippen LogP contribution in [0.15, 0.2) is 18.2 Å². The molecule has 0 radical (unpaired) electrons. The first-order chi connectivity index (χ1) is 7.70. The molecule has 0 unspecified atom stereocenters. The molecule has 16 heavy (non-hydrogen) atoms. The van der Waals surface area contributed by atoms with Gasteiger partial charge in [-0.1, -0.05) is 11.6 Å². The Kier molecular flexibility index (Phi) is 3.72. The van der Waals surface area contributed by atoms with E-state index in [9.17, 15) is 0 Å². The Balaban J connectivity index is 2.08. The molecule has 0 saturated carbocycles. The van der Waals surface area contributed by atoms with Crippen molar-refractivity contribution in [3.05, 3.63) is 28.8 Å². The molecule has 0 atom stereocenters. The van der Waals surface area contributed by atoms with Crippen LogP contribution >= 0.6 is 11.6 Å². The molecular formula is C13H19ClN2. The minimum absolute atomic E-state index is 0.684. The molecule has 3 heteroatoms. The summed E-state index contributed by atoms with van der Waals surface area (Å²) in [6.07, 6.45) is 2.44. The SMILES string of the molecule is CNC1CCN(c2ccc(Cl)cc2C)CC1. The largest absolute Gasteiger partial charge is 0.371 e. The van der Waals surface area contributed by atoms with Crippen molar-refractivity contribution in [3.8, 4) is 0 Å². The lowest BCUT2D eigenvalue weighted by Crippen LogP contribution is -2.41. The summed E-state index contributed by atoms with van der Waals surface area (Å²) in [5.41, 5.74) is 2.61. The third-order valence-electron chi connectivity index (χ3n) is 3.40. The fraction of sp³-hybridized carbons (Fsp3) is 0.538. The molecule has 1 aromatic carbocycles. The summed E-state index contributed by atoms with van der Waals surface area (Å²) in [5, 5.41) is 4.18. The van der Waals surface area contributed by atoms with E-state index in [1.165, 1.54) is 24.1 Å². The molecule has 0 amide bonds. The third-order valence-corrected chi connectivity index (χ3v) is 3.64. The van der Waals surface area contributed by atoms with Gasteiger partial charge in [0.05, 0.1) is 0 Å². The van der Waals surface area contributed by atoms with E-state index in [-0.39, 0.29) is 0 Å². The number of piperidine rings is 1. The van der Waals surface area contributed by atoms with Crippen molar-refractivity contribution in [3.63, 3.8) is 0 Å². The lowest BCUT2D eigenvalue weighted by molar-refractivity contribution is 0.442. The summed E-state index contributed by atoms with van der Waals surface area (Å²) in [6.45, 7) is 4.40. The lowest BCUT2D eigenvalue weighted by Gasteiger charge is -2.34. The Labute approximate surface area is 103 Å². The Hall–Kier alpha value is -0.730. The molecule has 1 aliphatic rings. The van der Waals surface area contributed by atoms with Gasteiger partial charge in [-0.15, -0.1) is 0 Å². The van der Waals surface area contributed by atoms with Crippen LogP contribution in [0.1, 0.15) is 18.4 Å². The minimum Gasteiger partial charge on any atom is -0.371 e. The van der Waals surface area contributed by atoms with E-state index < -0.39 is 0 Å². The first-order valence-corrected chi connectivity index (χ1v) is 6.27. The molecule has 2 rings (SSSR count). The first kappa shape index (κ1) is 11.7. The van der Waals surface area contributed by atoms with Crippen molar-refractivity contribution in [2.75, 3.05) is 25.0 Å². The Bertz CT molecular complexity index is 357. The van der Waals surface area contributed by atoms with Gasteiger partial charge in [0, 0.05) is 29.8 Å². The average Bonchev–Trinajstić information content (AvgIpc) is 2.29. The van der Waals surface area contributed by atoms with Crippen molar-refractivity contribution in [2.45, 2.75) is 25.8 Å². The summed E-state index contributed by atoms with van der Waals surface area (Å²) in [5.74, 6) is 0. The van der Waals surface area contributed by atoms with Crippen molar-refractivity contribution in [1.29, 1.82) is 0 Å². The lowest BCUT2D eigenvalue weighted by atomic mass is 10.0. The summed E-state index contributed by atoms with van der Waals surface area (Å²) in [6, 6.07) is 6.84. The van der Waals surface area contributed by atoms with Gasteiger partial charge in [-0.3, -0.25) is 0 Å². The number of hydrogen-bond donors (Lipinski definition) is 1. The predicted molar refractivity (Wildman–Crippen MR) is 70.5 cm³/mol. The molecule has 1 aliphatic heterocycles. The normalized spacial score (nSPS) is 17.8. The Morgan fingerprint density at radius 1 is 1.31 bits per heavy atom. The minimum atomic E-state index is 0.684. The van der Waals surface area contributed by atoms with Crippen LogP contribution in [-0.2, 0) is 0 Å². The molecule has 0 aliphatic carbocycles. The van der Waals surface area contributed by atoms with Crippen LogP contribution in [-0.4, -0.2) is 26.2 Å². The van der Waals surface area contributed by atoms with Crippen LogP contribution in [0, 0.1) is 6.92 Å². The highest BCUT2D eigenvalue weighted by Crippen LogP contribution is 2.26. The van der Waals surface area contributed by atoms with E-state index >= 15 is 0 Å². The molecule has 88 valence electrons. The van der Waals surface area contributed by atoms with E-state index in [4.69, 9.17) is 11.6 Å². The highest BCUT2D eigenvalue weighted by Gasteiger charge is 2.18. The topological polar surface area (TPSA) is 15.3 Å². The summed E-state index contributed by atoms with van der Waals surface area (Å²) in [7, 11) is 2.05. The molecule has 0 bridgehead atoms. The molecule has 1 saturated heterocycles. The van der Waals surface area contributed by atoms with Gasteiger partial charge in [0.1, 0.15) is 0 Å². The summed E-state index contributed by atoms with van der Waals surface area (Å²) in [4.78, 5) is 2.46. The predicted octanol–water partition coefficient (Wildman–Crippen LogP) is 2.84. The van der Waals surface area contributed by atoms with Gasteiger partial charge in [-0.25, -0.2) is 0 Å². The highest BCUT2D eigenvalue weighted by molar-refractivity contribution is 6.30. The standard InChI is InChI=1S/C13H19ClN2/c1-10-9-11(14)3-4-13(10)16-7-5-12(15-2)6-8-16/h3-4,9,12,15H,5-8H2,1-2H3. The van der Waals surface area contributed by atoms with E-state index in [0.29, 0.717) is 6.04 Å². The van der Waals surface area contributed by atoms with Gasteiger partial charge in [0.15, 0.2) is 0 Å². The number of benzene rings is 1. The maximum atomic E-state index is 5.97. The van der Waals surface area contributed by atoms with Gasteiger partial charge in [-0.2, -0.15) is 0 Å². The van der Waals surface area contributed by atoms with E-state index in [0.717, 1.165) is 18.1 Å². The van der Waals surface area contributed by atoms with Gasteiger partial charge < -0.3 is 10.2 Å². The van der Waals surface area contributed by atoms with Crippen LogP contribution in [0.25, 0.3) is 0 Å². The van der Waals surface area contributed by atoms with E-state index in [1.54, 1.807) is 0 Å². The molecule has 1 fully saturated rings.